The number of amides is 2. The molecule has 2 fully saturated rings. The molecule has 0 aliphatic carbocycles. The van der Waals surface area contributed by atoms with Gasteiger partial charge in [0.15, 0.2) is 0 Å². The lowest BCUT2D eigenvalue weighted by molar-refractivity contribution is -0.127. The largest absolute Gasteiger partial charge is 0.376 e. The zero-order chi connectivity index (χ0) is 16.5. The Morgan fingerprint density at radius 1 is 1.17 bits per heavy atom. The van der Waals surface area contributed by atoms with Crippen LogP contribution in [0.3, 0.4) is 0 Å². The zero-order valence-electron chi connectivity index (χ0n) is 13.7. The molecule has 6 heteroatoms. The molecule has 2 rings (SSSR count). The van der Waals surface area contributed by atoms with Crippen molar-refractivity contribution in [1.82, 2.24) is 15.1 Å². The van der Waals surface area contributed by atoms with Crippen LogP contribution in [-0.4, -0.2) is 54.3 Å². The van der Waals surface area contributed by atoms with Crippen LogP contribution in [0.25, 0.3) is 0 Å². The number of rotatable bonds is 6. The summed E-state index contributed by atoms with van der Waals surface area (Å²) in [6.45, 7) is 3.81. The molecule has 0 aromatic carbocycles. The molecular formula is C17H26N4O2. The molecule has 2 amide bonds. The van der Waals surface area contributed by atoms with Gasteiger partial charge in [0.25, 0.3) is 5.91 Å². The van der Waals surface area contributed by atoms with Gasteiger partial charge in [-0.1, -0.05) is 12.8 Å². The van der Waals surface area contributed by atoms with Gasteiger partial charge in [-0.3, -0.25) is 9.59 Å². The quantitative estimate of drug-likeness (QED) is 0.456. The van der Waals surface area contributed by atoms with Crippen LogP contribution < -0.4 is 5.32 Å². The molecule has 1 N–H and O–H groups in total. The molecule has 2 aliphatic rings. The van der Waals surface area contributed by atoms with Crippen LogP contribution in [0, 0.1) is 11.3 Å². The normalized spacial score (nSPS) is 19.4. The third-order valence-electron chi connectivity index (χ3n) is 4.38. The van der Waals surface area contributed by atoms with Gasteiger partial charge < -0.3 is 15.1 Å². The number of carbonyl (C=O) groups excluding carboxylic acids is 2. The van der Waals surface area contributed by atoms with Crippen molar-refractivity contribution in [3.05, 3.63) is 11.8 Å². The highest BCUT2D eigenvalue weighted by molar-refractivity contribution is 5.97. The standard InChI is InChI=1S/C17H26N4O2/c18-13-15(14-20-9-3-1-2-4-10-20)17(23)19-8-6-12-21-11-5-7-16(21)22/h14H,1-12H2,(H,19,23)/b15-14-. The van der Waals surface area contributed by atoms with E-state index in [0.29, 0.717) is 19.5 Å². The van der Waals surface area contributed by atoms with Crippen LogP contribution in [0.15, 0.2) is 11.8 Å². The van der Waals surface area contributed by atoms with E-state index in [1.165, 1.54) is 12.8 Å². The molecule has 0 unspecified atom stereocenters. The van der Waals surface area contributed by atoms with Crippen LogP contribution in [0.5, 0.6) is 0 Å². The molecule has 0 aromatic rings. The lowest BCUT2D eigenvalue weighted by atomic mass is 10.2. The van der Waals surface area contributed by atoms with E-state index in [1.807, 2.05) is 11.0 Å². The Hall–Kier alpha value is -2.03. The summed E-state index contributed by atoms with van der Waals surface area (Å²) in [5.74, 6) is -0.111. The molecule has 23 heavy (non-hydrogen) atoms. The summed E-state index contributed by atoms with van der Waals surface area (Å²) in [5.41, 5.74) is 0.171. The van der Waals surface area contributed by atoms with Crippen molar-refractivity contribution in [2.75, 3.05) is 32.7 Å². The smallest absolute Gasteiger partial charge is 0.263 e. The minimum absolute atomic E-state index is 0.171. The first kappa shape index (κ1) is 17.3. The number of likely N-dealkylation sites (tertiary alicyclic amines) is 2. The van der Waals surface area contributed by atoms with Gasteiger partial charge >= 0.3 is 0 Å². The maximum absolute atomic E-state index is 12.1. The summed E-state index contributed by atoms with van der Waals surface area (Å²) in [6, 6.07) is 2.00. The first-order valence-corrected chi connectivity index (χ1v) is 8.62. The molecule has 2 saturated heterocycles. The monoisotopic (exact) mass is 318 g/mol. The molecule has 126 valence electrons. The first-order chi connectivity index (χ1) is 11.2. The van der Waals surface area contributed by atoms with E-state index in [-0.39, 0.29) is 17.4 Å². The van der Waals surface area contributed by atoms with Gasteiger partial charge in [-0.05, 0) is 25.7 Å². The van der Waals surface area contributed by atoms with Crippen molar-refractivity contribution in [2.45, 2.75) is 44.9 Å². The highest BCUT2D eigenvalue weighted by atomic mass is 16.2. The Kier molecular flexibility index (Phi) is 6.92. The Morgan fingerprint density at radius 3 is 2.52 bits per heavy atom. The fourth-order valence-electron chi connectivity index (χ4n) is 3.05. The zero-order valence-corrected chi connectivity index (χ0v) is 13.7. The predicted octanol–water partition coefficient (Wildman–Crippen LogP) is 1.40. The van der Waals surface area contributed by atoms with E-state index in [9.17, 15) is 14.9 Å². The SMILES string of the molecule is N#C/C(=C/N1CCCCCC1)C(=O)NCCCN1CCCC1=O. The fourth-order valence-corrected chi connectivity index (χ4v) is 3.05. The summed E-state index contributed by atoms with van der Waals surface area (Å²) in [7, 11) is 0. The predicted molar refractivity (Wildman–Crippen MR) is 87.2 cm³/mol. The maximum Gasteiger partial charge on any atom is 0.263 e. The molecule has 2 heterocycles. The van der Waals surface area contributed by atoms with Crippen molar-refractivity contribution < 1.29 is 9.59 Å². The third-order valence-corrected chi connectivity index (χ3v) is 4.38. The molecule has 6 nitrogen and oxygen atoms in total. The van der Waals surface area contributed by atoms with E-state index in [1.54, 1.807) is 6.20 Å². The molecule has 0 saturated carbocycles. The summed E-state index contributed by atoms with van der Waals surface area (Å²) in [4.78, 5) is 27.5. The van der Waals surface area contributed by atoms with Gasteiger partial charge in [0, 0.05) is 45.3 Å². The number of carbonyl (C=O) groups is 2. The summed E-state index contributed by atoms with van der Waals surface area (Å²) >= 11 is 0. The van der Waals surface area contributed by atoms with Crippen LogP contribution in [-0.2, 0) is 9.59 Å². The summed E-state index contributed by atoms with van der Waals surface area (Å²) in [6.07, 6.45) is 8.65. The molecule has 0 aromatic heterocycles. The lowest BCUT2D eigenvalue weighted by Crippen LogP contribution is -2.31. The second-order valence-electron chi connectivity index (χ2n) is 6.20. The van der Waals surface area contributed by atoms with Gasteiger partial charge in [-0.25, -0.2) is 0 Å². The Morgan fingerprint density at radius 2 is 1.91 bits per heavy atom. The number of nitriles is 1. The van der Waals surface area contributed by atoms with Crippen molar-refractivity contribution in [1.29, 1.82) is 5.26 Å². The molecular weight excluding hydrogens is 292 g/mol. The highest BCUT2D eigenvalue weighted by Gasteiger charge is 2.19. The number of hydrogen-bond acceptors (Lipinski definition) is 4. The van der Waals surface area contributed by atoms with Gasteiger partial charge in [-0.2, -0.15) is 5.26 Å². The Labute approximate surface area is 138 Å². The molecule has 2 aliphatic heterocycles. The highest BCUT2D eigenvalue weighted by Crippen LogP contribution is 2.11. The van der Waals surface area contributed by atoms with Crippen molar-refractivity contribution in [3.63, 3.8) is 0 Å². The molecule has 0 atom stereocenters. The Balaban J connectivity index is 1.73. The van der Waals surface area contributed by atoms with Crippen molar-refractivity contribution >= 4 is 11.8 Å². The fraction of sp³-hybridized carbons (Fsp3) is 0.706. The second-order valence-corrected chi connectivity index (χ2v) is 6.20. The van der Waals surface area contributed by atoms with Crippen LogP contribution >= 0.6 is 0 Å². The average molecular weight is 318 g/mol. The van der Waals surface area contributed by atoms with E-state index in [4.69, 9.17) is 0 Å². The summed E-state index contributed by atoms with van der Waals surface area (Å²) < 4.78 is 0. The summed E-state index contributed by atoms with van der Waals surface area (Å²) in [5, 5.41) is 12.0. The number of nitrogens with zero attached hydrogens (tertiary/aromatic N) is 3. The lowest BCUT2D eigenvalue weighted by Gasteiger charge is -2.18. The number of hydrogen-bond donors (Lipinski definition) is 1. The molecule has 0 radical (unpaired) electrons. The second kappa shape index (κ2) is 9.19. The topological polar surface area (TPSA) is 76.4 Å². The Bertz CT molecular complexity index is 487. The van der Waals surface area contributed by atoms with Crippen LogP contribution in [0.2, 0.25) is 0 Å². The van der Waals surface area contributed by atoms with Crippen LogP contribution in [0.4, 0.5) is 0 Å². The van der Waals surface area contributed by atoms with Crippen LogP contribution in [0.1, 0.15) is 44.9 Å². The van der Waals surface area contributed by atoms with E-state index in [0.717, 1.165) is 45.3 Å². The van der Waals surface area contributed by atoms with Gasteiger partial charge in [0.2, 0.25) is 5.91 Å². The van der Waals surface area contributed by atoms with Crippen molar-refractivity contribution in [2.24, 2.45) is 0 Å². The van der Waals surface area contributed by atoms with E-state index >= 15 is 0 Å². The molecule has 0 spiro atoms. The first-order valence-electron chi connectivity index (χ1n) is 8.62. The van der Waals surface area contributed by atoms with Gasteiger partial charge in [0.1, 0.15) is 11.6 Å². The van der Waals surface area contributed by atoms with Gasteiger partial charge in [0.05, 0.1) is 0 Å². The maximum atomic E-state index is 12.1. The minimum atomic E-state index is -0.315. The molecule has 0 bridgehead atoms. The number of nitrogens with one attached hydrogen (secondary N) is 1. The van der Waals surface area contributed by atoms with E-state index < -0.39 is 0 Å². The van der Waals surface area contributed by atoms with E-state index in [2.05, 4.69) is 10.2 Å². The average Bonchev–Trinajstić information content (AvgIpc) is 2.80. The minimum Gasteiger partial charge on any atom is -0.376 e. The third kappa shape index (κ3) is 5.59. The van der Waals surface area contributed by atoms with Gasteiger partial charge in [-0.15, -0.1) is 0 Å². The van der Waals surface area contributed by atoms with Crippen molar-refractivity contribution in [3.8, 4) is 6.07 Å².